The average molecular weight is 308 g/mol. The summed E-state index contributed by atoms with van der Waals surface area (Å²) >= 11 is 0. The van der Waals surface area contributed by atoms with Crippen molar-refractivity contribution in [1.82, 2.24) is 4.72 Å². The zero-order valence-electron chi connectivity index (χ0n) is 11.6. The van der Waals surface area contributed by atoms with Gasteiger partial charge in [-0.15, -0.1) is 0 Å². The monoisotopic (exact) mass is 308 g/mol. The van der Waals surface area contributed by atoms with Crippen LogP contribution in [0.25, 0.3) is 0 Å². The molecule has 0 aliphatic rings. The average Bonchev–Trinajstić information content (AvgIpc) is 2.47. The van der Waals surface area contributed by atoms with Crippen LogP contribution in [0.3, 0.4) is 0 Å². The molecule has 112 valence electrons. The normalized spacial score (nSPS) is 13.1. The van der Waals surface area contributed by atoms with Gasteiger partial charge in [0.15, 0.2) is 0 Å². The summed E-state index contributed by atoms with van der Waals surface area (Å²) in [5, 5.41) is 0. The highest BCUT2D eigenvalue weighted by molar-refractivity contribution is 7.89. The van der Waals surface area contributed by atoms with Crippen LogP contribution in [0.2, 0.25) is 0 Å². The molecule has 0 fully saturated rings. The van der Waals surface area contributed by atoms with E-state index in [4.69, 9.17) is 5.73 Å². The van der Waals surface area contributed by atoms with E-state index in [0.717, 1.165) is 11.6 Å². The van der Waals surface area contributed by atoms with Crippen LogP contribution in [0.15, 0.2) is 53.4 Å². The molecule has 0 aliphatic carbocycles. The first-order chi connectivity index (χ1) is 9.94. The molecule has 4 nitrogen and oxygen atoms in total. The Balaban J connectivity index is 2.33. The van der Waals surface area contributed by atoms with Crippen molar-refractivity contribution in [2.24, 2.45) is 5.73 Å². The summed E-state index contributed by atoms with van der Waals surface area (Å²) in [7, 11) is -3.84. The van der Waals surface area contributed by atoms with E-state index in [1.165, 1.54) is 12.1 Å². The molecule has 0 radical (unpaired) electrons. The molecule has 0 heterocycles. The number of benzene rings is 2. The third-order valence-corrected chi connectivity index (χ3v) is 4.79. The molecule has 0 spiro atoms. The van der Waals surface area contributed by atoms with Gasteiger partial charge in [-0.1, -0.05) is 36.4 Å². The quantitative estimate of drug-likeness (QED) is 0.890. The van der Waals surface area contributed by atoms with Gasteiger partial charge in [-0.25, -0.2) is 17.5 Å². The molecule has 0 saturated carbocycles. The molecule has 1 unspecified atom stereocenters. The van der Waals surface area contributed by atoms with Crippen molar-refractivity contribution in [3.8, 4) is 0 Å². The second-order valence-electron chi connectivity index (χ2n) is 4.71. The van der Waals surface area contributed by atoms with Crippen molar-refractivity contribution in [3.63, 3.8) is 0 Å². The summed E-state index contributed by atoms with van der Waals surface area (Å²) < 4.78 is 40.7. The van der Waals surface area contributed by atoms with E-state index in [-0.39, 0.29) is 11.4 Å². The van der Waals surface area contributed by atoms with Crippen molar-refractivity contribution in [2.75, 3.05) is 0 Å². The molecular formula is C15H17FN2O2S. The van der Waals surface area contributed by atoms with Gasteiger partial charge >= 0.3 is 0 Å². The highest BCUT2D eigenvalue weighted by Crippen LogP contribution is 2.20. The third kappa shape index (κ3) is 3.66. The Hall–Kier alpha value is -1.76. The summed E-state index contributed by atoms with van der Waals surface area (Å²) in [6.07, 6.45) is 0. The van der Waals surface area contributed by atoms with Gasteiger partial charge in [0, 0.05) is 12.6 Å². The molecule has 2 rings (SSSR count). The second-order valence-corrected chi connectivity index (χ2v) is 6.39. The fourth-order valence-corrected chi connectivity index (χ4v) is 3.55. The van der Waals surface area contributed by atoms with Gasteiger partial charge in [0.2, 0.25) is 10.0 Å². The maximum Gasteiger partial charge on any atom is 0.241 e. The molecular weight excluding hydrogens is 291 g/mol. The summed E-state index contributed by atoms with van der Waals surface area (Å²) in [6, 6.07) is 12.3. The minimum atomic E-state index is -3.84. The zero-order valence-corrected chi connectivity index (χ0v) is 12.4. The van der Waals surface area contributed by atoms with Crippen molar-refractivity contribution < 1.29 is 12.8 Å². The molecule has 0 saturated heterocycles. The van der Waals surface area contributed by atoms with E-state index in [9.17, 15) is 12.8 Å². The van der Waals surface area contributed by atoms with Gasteiger partial charge < -0.3 is 5.73 Å². The van der Waals surface area contributed by atoms with Crippen LogP contribution in [0.4, 0.5) is 4.39 Å². The Kier molecular flexibility index (Phi) is 4.72. The number of nitrogens with one attached hydrogen (secondary N) is 1. The van der Waals surface area contributed by atoms with Gasteiger partial charge in [0.1, 0.15) is 5.82 Å². The van der Waals surface area contributed by atoms with E-state index in [2.05, 4.69) is 4.72 Å². The molecule has 1 atom stereocenters. The smallest absolute Gasteiger partial charge is 0.241 e. The fraction of sp³-hybridized carbons (Fsp3) is 0.200. The first-order valence-electron chi connectivity index (χ1n) is 6.50. The Bertz CT molecular complexity index is 718. The lowest BCUT2D eigenvalue weighted by Crippen LogP contribution is -2.28. The number of rotatable bonds is 5. The van der Waals surface area contributed by atoms with Crippen LogP contribution in [0.5, 0.6) is 0 Å². The fourth-order valence-electron chi connectivity index (χ4n) is 2.05. The molecule has 0 aromatic heterocycles. The number of nitrogens with two attached hydrogens (primary N) is 1. The number of halogens is 1. The van der Waals surface area contributed by atoms with E-state index in [0.29, 0.717) is 5.56 Å². The highest BCUT2D eigenvalue weighted by Gasteiger charge is 2.21. The van der Waals surface area contributed by atoms with E-state index < -0.39 is 21.9 Å². The maximum absolute atomic E-state index is 13.3. The summed E-state index contributed by atoms with van der Waals surface area (Å²) in [4.78, 5) is -0.118. The summed E-state index contributed by atoms with van der Waals surface area (Å²) in [6.45, 7) is 1.75. The van der Waals surface area contributed by atoms with Gasteiger partial charge in [-0.3, -0.25) is 0 Å². The molecule has 21 heavy (non-hydrogen) atoms. The Morgan fingerprint density at radius 3 is 2.48 bits per heavy atom. The second kappa shape index (κ2) is 6.34. The Labute approximate surface area is 123 Å². The highest BCUT2D eigenvalue weighted by atomic mass is 32.2. The summed E-state index contributed by atoms with van der Waals surface area (Å²) in [5.74, 6) is -0.611. The van der Waals surface area contributed by atoms with Crippen LogP contribution < -0.4 is 10.5 Å². The molecule has 2 aromatic rings. The Morgan fingerprint density at radius 2 is 1.86 bits per heavy atom. The standard InChI is InChI=1S/C15H17FN2O2S/c1-11(12-5-3-2-4-6-12)18-21(19,20)15-9-14(16)8-7-13(15)10-17/h2-9,11,18H,10,17H2,1H3. The van der Waals surface area contributed by atoms with Gasteiger partial charge in [-0.2, -0.15) is 0 Å². The number of hydrogen-bond donors (Lipinski definition) is 2. The number of sulfonamides is 1. The van der Waals surface area contributed by atoms with E-state index >= 15 is 0 Å². The lowest BCUT2D eigenvalue weighted by Gasteiger charge is -2.16. The third-order valence-electron chi connectivity index (χ3n) is 3.17. The van der Waals surface area contributed by atoms with Gasteiger partial charge in [0.25, 0.3) is 0 Å². The van der Waals surface area contributed by atoms with E-state index in [1.54, 1.807) is 6.92 Å². The van der Waals surface area contributed by atoms with Crippen molar-refractivity contribution >= 4 is 10.0 Å². The molecule has 6 heteroatoms. The molecule has 3 N–H and O–H groups in total. The van der Waals surface area contributed by atoms with Crippen molar-refractivity contribution in [3.05, 3.63) is 65.5 Å². The van der Waals surface area contributed by atoms with Crippen LogP contribution in [-0.2, 0) is 16.6 Å². The first-order valence-corrected chi connectivity index (χ1v) is 7.98. The van der Waals surface area contributed by atoms with E-state index in [1.807, 2.05) is 30.3 Å². The molecule has 0 aliphatic heterocycles. The van der Waals surface area contributed by atoms with Gasteiger partial charge in [0.05, 0.1) is 4.90 Å². The molecule has 0 amide bonds. The molecule has 0 bridgehead atoms. The SMILES string of the molecule is CC(NS(=O)(=O)c1cc(F)ccc1CN)c1ccccc1. The topological polar surface area (TPSA) is 72.2 Å². The van der Waals surface area contributed by atoms with Crippen LogP contribution in [-0.4, -0.2) is 8.42 Å². The lowest BCUT2D eigenvalue weighted by molar-refractivity contribution is 0.562. The summed E-state index contributed by atoms with van der Waals surface area (Å²) in [5.41, 5.74) is 6.73. The maximum atomic E-state index is 13.3. The first kappa shape index (κ1) is 15.6. The van der Waals surface area contributed by atoms with Crippen molar-refractivity contribution in [2.45, 2.75) is 24.4 Å². The molecule has 2 aromatic carbocycles. The predicted octanol–water partition coefficient (Wildman–Crippen LogP) is 2.32. The predicted molar refractivity (Wildman–Crippen MR) is 79.5 cm³/mol. The van der Waals surface area contributed by atoms with Crippen LogP contribution in [0, 0.1) is 5.82 Å². The van der Waals surface area contributed by atoms with Crippen molar-refractivity contribution in [1.29, 1.82) is 0 Å². The van der Waals surface area contributed by atoms with Gasteiger partial charge in [-0.05, 0) is 30.2 Å². The minimum absolute atomic E-state index is 0.0240. The lowest BCUT2D eigenvalue weighted by atomic mass is 10.1. The number of hydrogen-bond acceptors (Lipinski definition) is 3. The minimum Gasteiger partial charge on any atom is -0.326 e. The van der Waals surface area contributed by atoms with Crippen LogP contribution >= 0.6 is 0 Å². The largest absolute Gasteiger partial charge is 0.326 e. The zero-order chi connectivity index (χ0) is 15.5. The van der Waals surface area contributed by atoms with Crippen LogP contribution in [0.1, 0.15) is 24.1 Å². The Morgan fingerprint density at radius 1 is 1.19 bits per heavy atom.